The van der Waals surface area contributed by atoms with E-state index in [1.807, 2.05) is 24.3 Å². The third-order valence-corrected chi connectivity index (χ3v) is 2.57. The quantitative estimate of drug-likeness (QED) is 0.621. The Hall–Kier alpha value is -2.63. The molecule has 0 spiro atoms. The van der Waals surface area contributed by atoms with Crippen LogP contribution in [0.25, 0.3) is 10.9 Å². The van der Waals surface area contributed by atoms with E-state index >= 15 is 0 Å². The Morgan fingerprint density at radius 1 is 1.42 bits per heavy atom. The fourth-order valence-corrected chi connectivity index (χ4v) is 1.87. The van der Waals surface area contributed by atoms with Crippen LogP contribution in [0, 0.1) is 0 Å². The molecule has 0 aliphatic carbocycles. The van der Waals surface area contributed by atoms with Crippen LogP contribution in [0.15, 0.2) is 35.6 Å². The van der Waals surface area contributed by atoms with Gasteiger partial charge >= 0.3 is 0 Å². The number of fused-ring (bicyclic) bond motifs is 1. The van der Waals surface area contributed by atoms with E-state index in [0.717, 1.165) is 16.5 Å². The summed E-state index contributed by atoms with van der Waals surface area (Å²) in [6, 6.07) is 7.59. The number of para-hydroxylation sites is 1. The first kappa shape index (κ1) is 12.8. The molecule has 0 saturated heterocycles. The molecule has 1 heterocycles. The lowest BCUT2D eigenvalue weighted by Crippen LogP contribution is -2.17. The van der Waals surface area contributed by atoms with Gasteiger partial charge in [0.1, 0.15) is 6.54 Å². The highest BCUT2D eigenvalue weighted by Gasteiger charge is 2.07. The largest absolute Gasteiger partial charge is 0.368 e. The van der Waals surface area contributed by atoms with Gasteiger partial charge in [-0.25, -0.2) is 5.43 Å². The molecule has 0 aliphatic rings. The Balaban J connectivity index is 2.41. The fourth-order valence-electron chi connectivity index (χ4n) is 1.87. The molecule has 19 heavy (non-hydrogen) atoms. The second-order valence-corrected chi connectivity index (χ2v) is 4.12. The van der Waals surface area contributed by atoms with Gasteiger partial charge in [-0.05, 0) is 6.07 Å². The first-order valence-electron chi connectivity index (χ1n) is 5.74. The van der Waals surface area contributed by atoms with Crippen molar-refractivity contribution in [3.63, 3.8) is 0 Å². The summed E-state index contributed by atoms with van der Waals surface area (Å²) in [6.45, 7) is 1.49. The predicted molar refractivity (Wildman–Crippen MR) is 72.5 cm³/mol. The monoisotopic (exact) mass is 258 g/mol. The van der Waals surface area contributed by atoms with E-state index in [9.17, 15) is 9.59 Å². The van der Waals surface area contributed by atoms with Crippen LogP contribution in [-0.2, 0) is 16.1 Å². The number of amides is 2. The van der Waals surface area contributed by atoms with Crippen LogP contribution in [0.2, 0.25) is 0 Å². The van der Waals surface area contributed by atoms with Crippen molar-refractivity contribution < 1.29 is 9.59 Å². The normalized spacial score (nSPS) is 11.0. The third kappa shape index (κ3) is 2.98. The van der Waals surface area contributed by atoms with Crippen molar-refractivity contribution >= 4 is 28.9 Å². The Labute approximate surface area is 109 Å². The van der Waals surface area contributed by atoms with Gasteiger partial charge in [-0.2, -0.15) is 5.10 Å². The summed E-state index contributed by atoms with van der Waals surface area (Å²) in [5.41, 5.74) is 9.26. The first-order valence-corrected chi connectivity index (χ1v) is 5.74. The van der Waals surface area contributed by atoms with Crippen molar-refractivity contribution in [3.05, 3.63) is 36.0 Å². The average molecular weight is 258 g/mol. The zero-order valence-corrected chi connectivity index (χ0v) is 10.5. The maximum absolute atomic E-state index is 11.0. The molecule has 6 heteroatoms. The summed E-state index contributed by atoms with van der Waals surface area (Å²) in [4.78, 5) is 21.8. The van der Waals surface area contributed by atoms with Crippen LogP contribution >= 0.6 is 0 Å². The molecule has 0 radical (unpaired) electrons. The molecule has 3 N–H and O–H groups in total. The topological polar surface area (TPSA) is 89.5 Å². The SMILES string of the molecule is CC(=O)N/N=C\c1cn(CC(N)=O)c2ccccc12. The van der Waals surface area contributed by atoms with Gasteiger partial charge < -0.3 is 10.3 Å². The molecular weight excluding hydrogens is 244 g/mol. The molecule has 0 atom stereocenters. The zero-order valence-electron chi connectivity index (χ0n) is 10.5. The summed E-state index contributed by atoms with van der Waals surface area (Å²) >= 11 is 0. The highest BCUT2D eigenvalue weighted by atomic mass is 16.2. The van der Waals surface area contributed by atoms with Crippen molar-refractivity contribution in [1.29, 1.82) is 0 Å². The molecule has 2 amide bonds. The molecule has 0 bridgehead atoms. The lowest BCUT2D eigenvalue weighted by molar-refractivity contribution is -0.119. The van der Waals surface area contributed by atoms with Gasteiger partial charge in [-0.3, -0.25) is 9.59 Å². The molecule has 1 aromatic heterocycles. The number of primary amides is 1. The number of carbonyl (C=O) groups excluding carboxylic acids is 2. The minimum absolute atomic E-state index is 0.106. The Morgan fingerprint density at radius 2 is 2.16 bits per heavy atom. The van der Waals surface area contributed by atoms with E-state index in [0.29, 0.717) is 0 Å². The van der Waals surface area contributed by atoms with E-state index in [1.54, 1.807) is 17.0 Å². The van der Waals surface area contributed by atoms with Crippen LogP contribution in [0.3, 0.4) is 0 Å². The van der Waals surface area contributed by atoms with Gasteiger partial charge in [0.15, 0.2) is 0 Å². The summed E-state index contributed by atoms with van der Waals surface area (Å²) < 4.78 is 1.76. The molecular formula is C13H14N4O2. The summed E-state index contributed by atoms with van der Waals surface area (Å²) in [5.74, 6) is -0.650. The molecule has 0 unspecified atom stereocenters. The lowest BCUT2D eigenvalue weighted by Gasteiger charge is -2.00. The number of nitrogens with zero attached hydrogens (tertiary/aromatic N) is 2. The smallest absolute Gasteiger partial charge is 0.237 e. The van der Waals surface area contributed by atoms with Gasteiger partial charge in [0.25, 0.3) is 0 Å². The Morgan fingerprint density at radius 3 is 2.84 bits per heavy atom. The van der Waals surface area contributed by atoms with Gasteiger partial charge in [0.05, 0.1) is 6.21 Å². The van der Waals surface area contributed by atoms with Gasteiger partial charge in [-0.1, -0.05) is 18.2 Å². The minimum atomic E-state index is -0.411. The number of carbonyl (C=O) groups is 2. The average Bonchev–Trinajstić information content (AvgIpc) is 2.67. The second-order valence-electron chi connectivity index (χ2n) is 4.12. The third-order valence-electron chi connectivity index (χ3n) is 2.57. The van der Waals surface area contributed by atoms with E-state index < -0.39 is 5.91 Å². The maximum Gasteiger partial charge on any atom is 0.237 e. The van der Waals surface area contributed by atoms with Crippen LogP contribution < -0.4 is 11.2 Å². The van der Waals surface area contributed by atoms with Crippen molar-refractivity contribution in [3.8, 4) is 0 Å². The van der Waals surface area contributed by atoms with Gasteiger partial charge in [0, 0.05) is 29.6 Å². The van der Waals surface area contributed by atoms with Crippen molar-refractivity contribution in [1.82, 2.24) is 9.99 Å². The summed E-state index contributed by atoms with van der Waals surface area (Å²) in [7, 11) is 0. The maximum atomic E-state index is 11.0. The van der Waals surface area contributed by atoms with Crippen LogP contribution in [-0.4, -0.2) is 22.6 Å². The molecule has 0 fully saturated rings. The summed E-state index contributed by atoms with van der Waals surface area (Å²) in [5, 5.41) is 4.77. The summed E-state index contributed by atoms with van der Waals surface area (Å²) in [6.07, 6.45) is 3.32. The van der Waals surface area contributed by atoms with E-state index in [-0.39, 0.29) is 12.5 Å². The number of hydrazone groups is 1. The number of hydrogen-bond acceptors (Lipinski definition) is 3. The van der Waals surface area contributed by atoms with E-state index in [2.05, 4.69) is 10.5 Å². The molecule has 2 aromatic rings. The number of rotatable bonds is 4. The second kappa shape index (κ2) is 5.34. The van der Waals surface area contributed by atoms with Crippen LogP contribution in [0.4, 0.5) is 0 Å². The lowest BCUT2D eigenvalue weighted by atomic mass is 10.2. The molecule has 98 valence electrons. The zero-order chi connectivity index (χ0) is 13.8. The van der Waals surface area contributed by atoms with Crippen LogP contribution in [0.1, 0.15) is 12.5 Å². The fraction of sp³-hybridized carbons (Fsp3) is 0.154. The number of benzene rings is 1. The number of nitrogens with two attached hydrogens (primary N) is 1. The highest BCUT2D eigenvalue weighted by molar-refractivity contribution is 6.00. The minimum Gasteiger partial charge on any atom is -0.368 e. The van der Waals surface area contributed by atoms with Gasteiger partial charge in [0.2, 0.25) is 11.8 Å². The Bertz CT molecular complexity index is 658. The number of aromatic nitrogens is 1. The number of nitrogens with one attached hydrogen (secondary N) is 1. The molecule has 1 aromatic carbocycles. The van der Waals surface area contributed by atoms with E-state index in [4.69, 9.17) is 5.73 Å². The number of hydrogen-bond donors (Lipinski definition) is 2. The van der Waals surface area contributed by atoms with Gasteiger partial charge in [-0.15, -0.1) is 0 Å². The van der Waals surface area contributed by atoms with Crippen molar-refractivity contribution in [2.75, 3.05) is 0 Å². The van der Waals surface area contributed by atoms with Crippen LogP contribution in [0.5, 0.6) is 0 Å². The Kier molecular flexibility index (Phi) is 3.61. The molecule has 2 rings (SSSR count). The van der Waals surface area contributed by atoms with E-state index in [1.165, 1.54) is 6.92 Å². The molecule has 0 saturated carbocycles. The van der Waals surface area contributed by atoms with Crippen molar-refractivity contribution in [2.24, 2.45) is 10.8 Å². The predicted octanol–water partition coefficient (Wildman–Crippen LogP) is 0.597. The highest BCUT2D eigenvalue weighted by Crippen LogP contribution is 2.19. The van der Waals surface area contributed by atoms with Crippen molar-refractivity contribution in [2.45, 2.75) is 13.5 Å². The molecule has 6 nitrogen and oxygen atoms in total. The standard InChI is InChI=1S/C13H14N4O2/c1-9(18)16-15-6-10-7-17(8-13(14)19)12-5-3-2-4-11(10)12/h2-7H,8H2,1H3,(H2,14,19)(H,16,18)/b15-6-. The first-order chi connectivity index (χ1) is 9.08. The molecule has 0 aliphatic heterocycles.